The Balaban J connectivity index is 2.23. The average Bonchev–Trinajstić information content (AvgIpc) is 2.30. The lowest BCUT2D eigenvalue weighted by Gasteiger charge is -2.05. The fourth-order valence-corrected chi connectivity index (χ4v) is 1.53. The first-order valence-electron chi connectivity index (χ1n) is 5.02. The Morgan fingerprint density at radius 3 is 2.00 bits per heavy atom. The van der Waals surface area contributed by atoms with Crippen molar-refractivity contribution in [3.63, 3.8) is 0 Å². The predicted molar refractivity (Wildman–Crippen MR) is 67.4 cm³/mol. The lowest BCUT2D eigenvalue weighted by molar-refractivity contribution is 1.41. The van der Waals surface area contributed by atoms with Crippen molar-refractivity contribution in [3.8, 4) is 11.1 Å². The van der Waals surface area contributed by atoms with Crippen LogP contribution in [0.15, 0.2) is 54.6 Å². The minimum atomic E-state index is -0.0486. The van der Waals surface area contributed by atoms with Crippen LogP contribution in [0.1, 0.15) is 0 Å². The van der Waals surface area contributed by atoms with Crippen LogP contribution >= 0.6 is 0 Å². The van der Waals surface area contributed by atoms with Gasteiger partial charge in [0.15, 0.2) is 5.96 Å². The van der Waals surface area contributed by atoms with Crippen molar-refractivity contribution >= 4 is 11.6 Å². The van der Waals surface area contributed by atoms with Crippen LogP contribution in [0.3, 0.4) is 0 Å². The zero-order valence-corrected chi connectivity index (χ0v) is 8.77. The molecule has 0 radical (unpaired) electrons. The molecule has 0 amide bonds. The van der Waals surface area contributed by atoms with Crippen molar-refractivity contribution < 1.29 is 0 Å². The smallest absolute Gasteiger partial charge is 0.190 e. The molecule has 0 aromatic heterocycles. The summed E-state index contributed by atoms with van der Waals surface area (Å²) in [5.41, 5.74) is 8.40. The molecule has 0 unspecified atom stereocenters. The highest BCUT2D eigenvalue weighted by Crippen LogP contribution is 2.20. The predicted octanol–water partition coefficient (Wildman–Crippen LogP) is 2.66. The summed E-state index contributed by atoms with van der Waals surface area (Å²) < 4.78 is 0. The molecule has 0 atom stereocenters. The van der Waals surface area contributed by atoms with E-state index in [0.29, 0.717) is 0 Å². The number of benzene rings is 2. The van der Waals surface area contributed by atoms with Gasteiger partial charge in [-0.1, -0.05) is 42.5 Å². The van der Waals surface area contributed by atoms with E-state index in [1.165, 1.54) is 5.56 Å². The summed E-state index contributed by atoms with van der Waals surface area (Å²) in [4.78, 5) is 0. The van der Waals surface area contributed by atoms with Gasteiger partial charge in [-0.25, -0.2) is 0 Å². The third-order valence-corrected chi connectivity index (χ3v) is 2.27. The minimum absolute atomic E-state index is 0.0486. The van der Waals surface area contributed by atoms with E-state index in [-0.39, 0.29) is 5.96 Å². The Morgan fingerprint density at radius 1 is 0.875 bits per heavy atom. The first kappa shape index (κ1) is 10.2. The molecule has 0 aliphatic heterocycles. The number of anilines is 1. The average molecular weight is 211 g/mol. The molecule has 3 nitrogen and oxygen atoms in total. The standard InChI is InChI=1S/C13H13N3/c14-13(15)16-12-8-6-11(7-9-12)10-4-2-1-3-5-10/h1-9H,(H4,14,15,16). The van der Waals surface area contributed by atoms with Crippen molar-refractivity contribution in [2.75, 3.05) is 5.32 Å². The summed E-state index contributed by atoms with van der Waals surface area (Å²) >= 11 is 0. The monoisotopic (exact) mass is 211 g/mol. The van der Waals surface area contributed by atoms with Gasteiger partial charge < -0.3 is 11.1 Å². The molecule has 0 bridgehead atoms. The topological polar surface area (TPSA) is 61.9 Å². The Morgan fingerprint density at radius 2 is 1.44 bits per heavy atom. The van der Waals surface area contributed by atoms with Gasteiger partial charge in [-0.2, -0.15) is 0 Å². The molecule has 3 heteroatoms. The minimum Gasteiger partial charge on any atom is -0.370 e. The van der Waals surface area contributed by atoms with Gasteiger partial charge in [0.2, 0.25) is 0 Å². The Kier molecular flexibility index (Phi) is 2.87. The van der Waals surface area contributed by atoms with Gasteiger partial charge >= 0.3 is 0 Å². The molecule has 0 fully saturated rings. The summed E-state index contributed by atoms with van der Waals surface area (Å²) in [5.74, 6) is -0.0486. The third kappa shape index (κ3) is 2.39. The highest BCUT2D eigenvalue weighted by Gasteiger charge is 1.97. The maximum absolute atomic E-state index is 7.12. The van der Waals surface area contributed by atoms with E-state index in [0.717, 1.165) is 11.3 Å². The van der Waals surface area contributed by atoms with E-state index in [1.807, 2.05) is 42.5 Å². The van der Waals surface area contributed by atoms with Crippen molar-refractivity contribution in [3.05, 3.63) is 54.6 Å². The Bertz CT molecular complexity index is 474. The molecule has 80 valence electrons. The molecular weight excluding hydrogens is 198 g/mol. The third-order valence-electron chi connectivity index (χ3n) is 2.27. The molecular formula is C13H13N3. The van der Waals surface area contributed by atoms with E-state index < -0.39 is 0 Å². The molecule has 0 saturated carbocycles. The van der Waals surface area contributed by atoms with Crippen molar-refractivity contribution in [1.29, 1.82) is 5.41 Å². The molecule has 0 spiro atoms. The molecule has 0 saturated heterocycles. The van der Waals surface area contributed by atoms with Crippen LogP contribution in [0.25, 0.3) is 11.1 Å². The van der Waals surface area contributed by atoms with E-state index in [1.54, 1.807) is 0 Å². The molecule has 2 aromatic rings. The van der Waals surface area contributed by atoms with Crippen LogP contribution in [-0.2, 0) is 0 Å². The van der Waals surface area contributed by atoms with E-state index in [2.05, 4.69) is 17.4 Å². The van der Waals surface area contributed by atoms with Crippen LogP contribution < -0.4 is 11.1 Å². The summed E-state index contributed by atoms with van der Waals surface area (Å²) in [6.07, 6.45) is 0. The van der Waals surface area contributed by atoms with Crippen LogP contribution in [0.5, 0.6) is 0 Å². The first-order valence-corrected chi connectivity index (χ1v) is 5.02. The number of nitrogens with two attached hydrogens (primary N) is 1. The Labute approximate surface area is 94.4 Å². The number of guanidine groups is 1. The lowest BCUT2D eigenvalue weighted by Crippen LogP contribution is -2.20. The zero-order chi connectivity index (χ0) is 11.4. The first-order chi connectivity index (χ1) is 7.75. The van der Waals surface area contributed by atoms with Crippen LogP contribution in [-0.4, -0.2) is 5.96 Å². The van der Waals surface area contributed by atoms with Crippen molar-refractivity contribution in [2.45, 2.75) is 0 Å². The van der Waals surface area contributed by atoms with E-state index >= 15 is 0 Å². The zero-order valence-electron chi connectivity index (χ0n) is 8.77. The molecule has 0 heterocycles. The molecule has 16 heavy (non-hydrogen) atoms. The molecule has 2 aromatic carbocycles. The van der Waals surface area contributed by atoms with Crippen LogP contribution in [0.2, 0.25) is 0 Å². The summed E-state index contributed by atoms with van der Waals surface area (Å²) in [5, 5.41) is 9.86. The second-order valence-electron chi connectivity index (χ2n) is 3.48. The highest BCUT2D eigenvalue weighted by molar-refractivity contribution is 5.90. The van der Waals surface area contributed by atoms with Gasteiger partial charge in [-0.15, -0.1) is 0 Å². The lowest BCUT2D eigenvalue weighted by atomic mass is 10.1. The van der Waals surface area contributed by atoms with Gasteiger partial charge in [0, 0.05) is 5.69 Å². The maximum atomic E-state index is 7.12. The number of hydrogen-bond donors (Lipinski definition) is 3. The number of rotatable bonds is 2. The van der Waals surface area contributed by atoms with E-state index in [9.17, 15) is 0 Å². The second kappa shape index (κ2) is 4.49. The fourth-order valence-electron chi connectivity index (χ4n) is 1.53. The van der Waals surface area contributed by atoms with Gasteiger partial charge in [0.25, 0.3) is 0 Å². The van der Waals surface area contributed by atoms with Crippen molar-refractivity contribution in [1.82, 2.24) is 0 Å². The van der Waals surface area contributed by atoms with Gasteiger partial charge in [-0.05, 0) is 23.3 Å². The molecule has 2 rings (SSSR count). The summed E-state index contributed by atoms with van der Waals surface area (Å²) in [7, 11) is 0. The van der Waals surface area contributed by atoms with Crippen molar-refractivity contribution in [2.24, 2.45) is 5.73 Å². The van der Waals surface area contributed by atoms with Gasteiger partial charge in [0.05, 0.1) is 0 Å². The number of hydrogen-bond acceptors (Lipinski definition) is 1. The fraction of sp³-hybridized carbons (Fsp3) is 0. The number of nitrogens with one attached hydrogen (secondary N) is 2. The van der Waals surface area contributed by atoms with Gasteiger partial charge in [0.1, 0.15) is 0 Å². The van der Waals surface area contributed by atoms with E-state index in [4.69, 9.17) is 11.1 Å². The highest BCUT2D eigenvalue weighted by atomic mass is 15.0. The van der Waals surface area contributed by atoms with Gasteiger partial charge in [-0.3, -0.25) is 5.41 Å². The second-order valence-corrected chi connectivity index (χ2v) is 3.48. The molecule has 0 aliphatic rings. The summed E-state index contributed by atoms with van der Waals surface area (Å²) in [6, 6.07) is 18.0. The Hall–Kier alpha value is -2.29. The molecule has 0 aliphatic carbocycles. The summed E-state index contributed by atoms with van der Waals surface area (Å²) in [6.45, 7) is 0. The quantitative estimate of drug-likeness (QED) is 0.528. The largest absolute Gasteiger partial charge is 0.370 e. The molecule has 4 N–H and O–H groups in total. The van der Waals surface area contributed by atoms with Crippen LogP contribution in [0, 0.1) is 5.41 Å². The SMILES string of the molecule is N=C(N)Nc1ccc(-c2ccccc2)cc1. The maximum Gasteiger partial charge on any atom is 0.190 e. The normalized spacial score (nSPS) is 9.75. The van der Waals surface area contributed by atoms with Crippen LogP contribution in [0.4, 0.5) is 5.69 Å².